The van der Waals surface area contributed by atoms with Crippen molar-refractivity contribution in [1.82, 2.24) is 0 Å². The van der Waals surface area contributed by atoms with E-state index in [0.717, 1.165) is 0 Å². The lowest BCUT2D eigenvalue weighted by Crippen LogP contribution is -2.80. The SMILES string of the molecule is C=CC12CC(C(=O)O)(C1)C2(F)F. The minimum atomic E-state index is -3.08. The molecule has 0 aliphatic heterocycles. The van der Waals surface area contributed by atoms with Crippen LogP contribution >= 0.6 is 0 Å². The average molecular weight is 174 g/mol. The zero-order chi connectivity index (χ0) is 9.20. The van der Waals surface area contributed by atoms with E-state index >= 15 is 0 Å². The first kappa shape index (κ1) is 7.71. The molecule has 0 spiro atoms. The Kier molecular flexibility index (Phi) is 0.999. The Hall–Kier alpha value is -0.930. The quantitative estimate of drug-likeness (QED) is 0.646. The highest BCUT2D eigenvalue weighted by molar-refractivity contribution is 5.82. The molecule has 1 N–H and O–H groups in total. The number of carbonyl (C=O) groups is 1. The van der Waals surface area contributed by atoms with Gasteiger partial charge in [-0.3, -0.25) is 4.79 Å². The van der Waals surface area contributed by atoms with Crippen LogP contribution in [0.3, 0.4) is 0 Å². The molecule has 0 aromatic heterocycles. The molecule has 66 valence electrons. The maximum absolute atomic E-state index is 13.1. The summed E-state index contributed by atoms with van der Waals surface area (Å²) in [6, 6.07) is 0. The van der Waals surface area contributed by atoms with Crippen molar-refractivity contribution in [2.24, 2.45) is 10.8 Å². The van der Waals surface area contributed by atoms with Gasteiger partial charge in [-0.25, -0.2) is 8.78 Å². The highest BCUT2D eigenvalue weighted by Gasteiger charge is 2.90. The zero-order valence-electron chi connectivity index (χ0n) is 6.31. The lowest BCUT2D eigenvalue weighted by atomic mass is 9.32. The molecule has 2 bridgehead atoms. The summed E-state index contributed by atoms with van der Waals surface area (Å²) in [4.78, 5) is 10.5. The van der Waals surface area contributed by atoms with Crippen molar-refractivity contribution in [1.29, 1.82) is 0 Å². The van der Waals surface area contributed by atoms with Gasteiger partial charge in [0.25, 0.3) is 5.92 Å². The van der Waals surface area contributed by atoms with Gasteiger partial charge in [0, 0.05) is 0 Å². The van der Waals surface area contributed by atoms with Crippen molar-refractivity contribution in [2.75, 3.05) is 0 Å². The molecule has 3 rings (SSSR count). The van der Waals surface area contributed by atoms with Crippen molar-refractivity contribution < 1.29 is 18.7 Å². The summed E-state index contributed by atoms with van der Waals surface area (Å²) in [6.07, 6.45) is 1.29. The number of rotatable bonds is 2. The van der Waals surface area contributed by atoms with Gasteiger partial charge >= 0.3 is 5.97 Å². The molecule has 12 heavy (non-hydrogen) atoms. The summed E-state index contributed by atoms with van der Waals surface area (Å²) in [5.74, 6) is -4.45. The molecule has 3 fully saturated rings. The molecule has 0 saturated heterocycles. The number of hydrogen-bond acceptors (Lipinski definition) is 1. The summed E-state index contributed by atoms with van der Waals surface area (Å²) < 4.78 is 26.2. The summed E-state index contributed by atoms with van der Waals surface area (Å²) in [5.41, 5.74) is -2.97. The Balaban J connectivity index is 2.34. The smallest absolute Gasteiger partial charge is 0.315 e. The van der Waals surface area contributed by atoms with E-state index in [1.165, 1.54) is 6.08 Å². The van der Waals surface area contributed by atoms with Gasteiger partial charge in [-0.05, 0) is 12.8 Å². The highest BCUT2D eigenvalue weighted by atomic mass is 19.3. The highest BCUT2D eigenvalue weighted by Crippen LogP contribution is 2.82. The van der Waals surface area contributed by atoms with Gasteiger partial charge in [0.15, 0.2) is 0 Å². The van der Waals surface area contributed by atoms with Crippen molar-refractivity contribution in [3.8, 4) is 0 Å². The van der Waals surface area contributed by atoms with Crippen LogP contribution in [0.4, 0.5) is 8.78 Å². The number of halogens is 2. The van der Waals surface area contributed by atoms with Gasteiger partial charge in [-0.2, -0.15) is 0 Å². The van der Waals surface area contributed by atoms with Crippen LogP contribution in [0.5, 0.6) is 0 Å². The number of carboxylic acid groups (broad SMARTS) is 1. The zero-order valence-corrected chi connectivity index (χ0v) is 6.31. The predicted molar refractivity (Wildman–Crippen MR) is 36.9 cm³/mol. The van der Waals surface area contributed by atoms with E-state index in [4.69, 9.17) is 5.11 Å². The second-order valence-corrected chi connectivity index (χ2v) is 3.68. The second-order valence-electron chi connectivity index (χ2n) is 3.68. The molecule has 0 atom stereocenters. The topological polar surface area (TPSA) is 37.3 Å². The van der Waals surface area contributed by atoms with Crippen LogP contribution in [0.2, 0.25) is 0 Å². The summed E-state index contributed by atoms with van der Waals surface area (Å²) in [5, 5.41) is 8.56. The second kappa shape index (κ2) is 1.56. The molecule has 0 aromatic rings. The first-order valence-electron chi connectivity index (χ1n) is 3.67. The third-order valence-corrected chi connectivity index (χ3v) is 3.26. The van der Waals surface area contributed by atoms with Gasteiger partial charge in [-0.1, -0.05) is 6.08 Å². The maximum Gasteiger partial charge on any atom is 0.315 e. The molecule has 3 aliphatic rings. The third kappa shape index (κ3) is 0.408. The summed E-state index contributed by atoms with van der Waals surface area (Å²) in [6.45, 7) is 3.31. The molecule has 0 heterocycles. The lowest BCUT2D eigenvalue weighted by Gasteiger charge is -2.71. The van der Waals surface area contributed by atoms with E-state index in [1.807, 2.05) is 0 Å². The average Bonchev–Trinajstić information content (AvgIpc) is 1.84. The van der Waals surface area contributed by atoms with Crippen molar-refractivity contribution >= 4 is 5.97 Å². The number of hydrogen-bond donors (Lipinski definition) is 1. The van der Waals surface area contributed by atoms with E-state index < -0.39 is 22.7 Å². The number of alkyl halides is 2. The fourth-order valence-electron chi connectivity index (χ4n) is 2.29. The van der Waals surface area contributed by atoms with Crippen LogP contribution in [-0.2, 0) is 4.79 Å². The van der Waals surface area contributed by atoms with Crippen molar-refractivity contribution in [3.05, 3.63) is 12.7 Å². The third-order valence-electron chi connectivity index (χ3n) is 3.26. The predicted octanol–water partition coefficient (Wildman–Crippen LogP) is 1.67. The number of allylic oxidation sites excluding steroid dienone is 1. The van der Waals surface area contributed by atoms with E-state index in [2.05, 4.69) is 6.58 Å². The lowest BCUT2D eigenvalue weighted by molar-refractivity contribution is -0.376. The molecule has 0 radical (unpaired) electrons. The Morgan fingerprint density at radius 1 is 1.50 bits per heavy atom. The van der Waals surface area contributed by atoms with E-state index in [9.17, 15) is 13.6 Å². The molecule has 0 amide bonds. The van der Waals surface area contributed by atoms with Crippen molar-refractivity contribution in [3.63, 3.8) is 0 Å². The van der Waals surface area contributed by atoms with E-state index in [0.29, 0.717) is 0 Å². The Morgan fingerprint density at radius 2 is 2.00 bits per heavy atom. The first-order chi connectivity index (χ1) is 5.42. The monoisotopic (exact) mass is 174 g/mol. The first-order valence-corrected chi connectivity index (χ1v) is 3.67. The molecule has 3 aliphatic carbocycles. The Labute approximate surface area is 67.9 Å². The largest absolute Gasteiger partial charge is 0.481 e. The molecule has 2 nitrogen and oxygen atoms in total. The molecule has 4 heteroatoms. The van der Waals surface area contributed by atoms with Gasteiger partial charge in [0.1, 0.15) is 5.41 Å². The molecule has 0 aromatic carbocycles. The minimum absolute atomic E-state index is 0.0475. The standard InChI is InChI=1S/C8H8F2O2/c1-2-6-3-7(4-6,5(11)12)8(6,9)10/h2H,1,3-4H2,(H,11,12). The molecule has 0 unspecified atom stereocenters. The minimum Gasteiger partial charge on any atom is -0.481 e. The normalized spacial score (nSPS) is 47.2. The number of carboxylic acids is 1. The van der Waals surface area contributed by atoms with Gasteiger partial charge < -0.3 is 5.11 Å². The summed E-state index contributed by atoms with van der Waals surface area (Å²) in [7, 11) is 0. The molecular weight excluding hydrogens is 166 g/mol. The van der Waals surface area contributed by atoms with Crippen LogP contribution in [0, 0.1) is 10.8 Å². The van der Waals surface area contributed by atoms with Crippen molar-refractivity contribution in [2.45, 2.75) is 18.8 Å². The summed E-state index contributed by atoms with van der Waals surface area (Å²) >= 11 is 0. The van der Waals surface area contributed by atoms with Gasteiger partial charge in [-0.15, -0.1) is 6.58 Å². The van der Waals surface area contributed by atoms with Crippen LogP contribution in [0.25, 0.3) is 0 Å². The van der Waals surface area contributed by atoms with E-state index in [-0.39, 0.29) is 12.8 Å². The van der Waals surface area contributed by atoms with Gasteiger partial charge in [0.05, 0.1) is 5.41 Å². The number of aliphatic carboxylic acids is 1. The molecule has 3 saturated carbocycles. The van der Waals surface area contributed by atoms with Crippen LogP contribution in [-0.4, -0.2) is 17.0 Å². The van der Waals surface area contributed by atoms with Crippen LogP contribution in [0.1, 0.15) is 12.8 Å². The Bertz CT molecular complexity index is 277. The fraction of sp³-hybridized carbons (Fsp3) is 0.625. The van der Waals surface area contributed by atoms with Gasteiger partial charge in [0.2, 0.25) is 0 Å². The van der Waals surface area contributed by atoms with E-state index in [1.54, 1.807) is 0 Å². The maximum atomic E-state index is 13.1. The van der Waals surface area contributed by atoms with Crippen LogP contribution < -0.4 is 0 Å². The molecular formula is C8H8F2O2. The fourth-order valence-corrected chi connectivity index (χ4v) is 2.29. The Morgan fingerprint density at radius 3 is 2.25 bits per heavy atom. The van der Waals surface area contributed by atoms with Crippen LogP contribution in [0.15, 0.2) is 12.7 Å².